The van der Waals surface area contributed by atoms with Gasteiger partial charge in [-0.1, -0.05) is 11.6 Å². The molecule has 5 heteroatoms. The normalized spacial score (nSPS) is 20.3. The van der Waals surface area contributed by atoms with Crippen LogP contribution in [0.15, 0.2) is 18.2 Å². The number of piperazine rings is 1. The molecule has 1 aliphatic rings. The number of carbonyl (C=O) groups is 1. The second-order valence-electron chi connectivity index (χ2n) is 4.11. The Bertz CT molecular complexity index is 437. The number of anilines is 1. The highest BCUT2D eigenvalue weighted by atomic mass is 35.5. The van der Waals surface area contributed by atoms with E-state index >= 15 is 0 Å². The summed E-state index contributed by atoms with van der Waals surface area (Å²) < 4.78 is 0. The summed E-state index contributed by atoms with van der Waals surface area (Å²) in [5.41, 5.74) is 1.95. The molecule has 1 heterocycles. The Morgan fingerprint density at radius 2 is 2.35 bits per heavy atom. The Balaban J connectivity index is 2.33. The second kappa shape index (κ2) is 4.94. The summed E-state index contributed by atoms with van der Waals surface area (Å²) in [4.78, 5) is 13.6. The first kappa shape index (κ1) is 12.2. The van der Waals surface area contributed by atoms with Crippen LogP contribution in [0.3, 0.4) is 0 Å². The molecule has 17 heavy (non-hydrogen) atoms. The smallest absolute Gasteiger partial charge is 0.245 e. The van der Waals surface area contributed by atoms with Crippen molar-refractivity contribution in [3.05, 3.63) is 28.8 Å². The van der Waals surface area contributed by atoms with Gasteiger partial charge in [0.2, 0.25) is 5.91 Å². The molecule has 0 bridgehead atoms. The fraction of sp³-hybridized carbons (Fsp3) is 0.417. The number of nitrogens with one attached hydrogen (secondary N) is 1. The van der Waals surface area contributed by atoms with Gasteiger partial charge in [-0.3, -0.25) is 4.79 Å². The number of carbonyl (C=O) groups excluding carboxylic acids is 1. The SMILES string of the molecule is Cc1cc(Cl)ccc1N1CCNC(=O)C1CO. The highest BCUT2D eigenvalue weighted by molar-refractivity contribution is 6.30. The fourth-order valence-corrected chi connectivity index (χ4v) is 2.35. The summed E-state index contributed by atoms with van der Waals surface area (Å²) in [6, 6.07) is 5.03. The number of halogens is 1. The Morgan fingerprint density at radius 1 is 1.59 bits per heavy atom. The molecule has 0 aliphatic carbocycles. The predicted octanol–water partition coefficient (Wildman–Crippen LogP) is 0.946. The van der Waals surface area contributed by atoms with Crippen LogP contribution in [0.1, 0.15) is 5.56 Å². The van der Waals surface area contributed by atoms with Gasteiger partial charge in [0.05, 0.1) is 6.61 Å². The van der Waals surface area contributed by atoms with Crippen LogP contribution in [0.25, 0.3) is 0 Å². The van der Waals surface area contributed by atoms with E-state index in [1.807, 2.05) is 24.0 Å². The molecule has 1 aromatic rings. The maximum Gasteiger partial charge on any atom is 0.245 e. The number of amides is 1. The largest absolute Gasteiger partial charge is 0.394 e. The lowest BCUT2D eigenvalue weighted by Crippen LogP contribution is -2.57. The van der Waals surface area contributed by atoms with Crippen LogP contribution in [0.4, 0.5) is 5.69 Å². The van der Waals surface area contributed by atoms with E-state index in [0.717, 1.165) is 11.3 Å². The number of nitrogens with zero attached hydrogens (tertiary/aromatic N) is 1. The van der Waals surface area contributed by atoms with Crippen LogP contribution in [0.5, 0.6) is 0 Å². The van der Waals surface area contributed by atoms with Gasteiger partial charge < -0.3 is 15.3 Å². The molecule has 0 spiro atoms. The van der Waals surface area contributed by atoms with Crippen LogP contribution in [0, 0.1) is 6.92 Å². The summed E-state index contributed by atoms with van der Waals surface area (Å²) >= 11 is 5.91. The first-order chi connectivity index (χ1) is 8.13. The van der Waals surface area contributed by atoms with Gasteiger partial charge in [0.25, 0.3) is 0 Å². The number of hydrogen-bond donors (Lipinski definition) is 2. The quantitative estimate of drug-likeness (QED) is 0.826. The minimum atomic E-state index is -0.511. The maximum atomic E-state index is 11.6. The van der Waals surface area contributed by atoms with Crippen molar-refractivity contribution >= 4 is 23.2 Å². The third-order valence-electron chi connectivity index (χ3n) is 2.97. The molecule has 1 atom stereocenters. The van der Waals surface area contributed by atoms with Crippen LogP contribution < -0.4 is 10.2 Å². The van der Waals surface area contributed by atoms with E-state index in [2.05, 4.69) is 5.32 Å². The van der Waals surface area contributed by atoms with Crippen molar-refractivity contribution in [3.8, 4) is 0 Å². The number of aliphatic hydroxyl groups excluding tert-OH is 1. The van der Waals surface area contributed by atoms with E-state index in [4.69, 9.17) is 11.6 Å². The molecule has 92 valence electrons. The van der Waals surface area contributed by atoms with Crippen LogP contribution in [-0.2, 0) is 4.79 Å². The molecule has 1 fully saturated rings. The molecule has 2 N–H and O–H groups in total. The Hall–Kier alpha value is -1.26. The predicted molar refractivity (Wildman–Crippen MR) is 67.4 cm³/mol. The number of hydrogen-bond acceptors (Lipinski definition) is 3. The van der Waals surface area contributed by atoms with Crippen molar-refractivity contribution in [2.75, 3.05) is 24.6 Å². The average molecular weight is 255 g/mol. The molecule has 1 amide bonds. The van der Waals surface area contributed by atoms with E-state index in [9.17, 15) is 9.90 Å². The zero-order valence-corrected chi connectivity index (χ0v) is 10.4. The van der Waals surface area contributed by atoms with Crippen molar-refractivity contribution in [1.29, 1.82) is 0 Å². The molecular weight excluding hydrogens is 240 g/mol. The molecule has 0 aromatic heterocycles. The standard InChI is InChI=1S/C12H15ClN2O2/c1-8-6-9(13)2-3-10(8)15-5-4-14-12(17)11(15)7-16/h2-3,6,11,16H,4-5,7H2,1H3,(H,14,17). The summed E-state index contributed by atoms with van der Waals surface area (Å²) in [5, 5.41) is 12.7. The summed E-state index contributed by atoms with van der Waals surface area (Å²) in [6.45, 7) is 3.05. The van der Waals surface area contributed by atoms with Crippen molar-refractivity contribution in [2.45, 2.75) is 13.0 Å². The van der Waals surface area contributed by atoms with Gasteiger partial charge in [0.15, 0.2) is 0 Å². The summed E-state index contributed by atoms with van der Waals surface area (Å²) in [6.07, 6.45) is 0. The van der Waals surface area contributed by atoms with Gasteiger partial charge in [-0.05, 0) is 30.7 Å². The molecule has 4 nitrogen and oxygen atoms in total. The van der Waals surface area contributed by atoms with E-state index in [0.29, 0.717) is 18.1 Å². The van der Waals surface area contributed by atoms with Crippen molar-refractivity contribution in [2.24, 2.45) is 0 Å². The van der Waals surface area contributed by atoms with Gasteiger partial charge in [0, 0.05) is 23.8 Å². The third kappa shape index (κ3) is 2.37. The Kier molecular flexibility index (Phi) is 3.54. The van der Waals surface area contributed by atoms with Gasteiger partial charge >= 0.3 is 0 Å². The monoisotopic (exact) mass is 254 g/mol. The Morgan fingerprint density at radius 3 is 3.00 bits per heavy atom. The maximum absolute atomic E-state index is 11.6. The van der Waals surface area contributed by atoms with Crippen LogP contribution >= 0.6 is 11.6 Å². The van der Waals surface area contributed by atoms with Gasteiger partial charge in [0.1, 0.15) is 6.04 Å². The molecule has 1 aliphatic heterocycles. The topological polar surface area (TPSA) is 52.6 Å². The summed E-state index contributed by atoms with van der Waals surface area (Å²) in [7, 11) is 0. The molecule has 1 aromatic carbocycles. The van der Waals surface area contributed by atoms with E-state index in [1.165, 1.54) is 0 Å². The lowest BCUT2D eigenvalue weighted by molar-refractivity contribution is -0.124. The number of aliphatic hydroxyl groups is 1. The van der Waals surface area contributed by atoms with Crippen molar-refractivity contribution in [1.82, 2.24) is 5.32 Å². The van der Waals surface area contributed by atoms with Crippen LogP contribution in [-0.4, -0.2) is 36.8 Å². The first-order valence-electron chi connectivity index (χ1n) is 5.55. The number of aryl methyl sites for hydroxylation is 1. The third-order valence-corrected chi connectivity index (χ3v) is 3.21. The molecule has 1 saturated heterocycles. The van der Waals surface area contributed by atoms with Crippen LogP contribution in [0.2, 0.25) is 5.02 Å². The lowest BCUT2D eigenvalue weighted by atomic mass is 10.1. The van der Waals surface area contributed by atoms with Gasteiger partial charge in [-0.2, -0.15) is 0 Å². The number of rotatable bonds is 2. The lowest BCUT2D eigenvalue weighted by Gasteiger charge is -2.36. The molecule has 0 saturated carbocycles. The second-order valence-corrected chi connectivity index (χ2v) is 4.55. The first-order valence-corrected chi connectivity index (χ1v) is 5.92. The Labute approximate surface area is 105 Å². The average Bonchev–Trinajstić information content (AvgIpc) is 2.29. The number of benzene rings is 1. The van der Waals surface area contributed by atoms with Crippen molar-refractivity contribution < 1.29 is 9.90 Å². The van der Waals surface area contributed by atoms with E-state index in [-0.39, 0.29) is 12.5 Å². The van der Waals surface area contributed by atoms with E-state index in [1.54, 1.807) is 6.07 Å². The highest BCUT2D eigenvalue weighted by Gasteiger charge is 2.29. The fourth-order valence-electron chi connectivity index (χ4n) is 2.13. The van der Waals surface area contributed by atoms with Gasteiger partial charge in [-0.15, -0.1) is 0 Å². The minimum Gasteiger partial charge on any atom is -0.394 e. The molecule has 0 radical (unpaired) electrons. The minimum absolute atomic E-state index is 0.131. The molecule has 2 rings (SSSR count). The zero-order chi connectivity index (χ0) is 12.4. The zero-order valence-electron chi connectivity index (χ0n) is 9.61. The molecular formula is C12H15ClN2O2. The highest BCUT2D eigenvalue weighted by Crippen LogP contribution is 2.25. The van der Waals surface area contributed by atoms with E-state index < -0.39 is 6.04 Å². The van der Waals surface area contributed by atoms with Crippen molar-refractivity contribution in [3.63, 3.8) is 0 Å². The molecule has 1 unspecified atom stereocenters. The van der Waals surface area contributed by atoms with Gasteiger partial charge in [-0.25, -0.2) is 0 Å². The summed E-state index contributed by atoms with van der Waals surface area (Å²) in [5.74, 6) is -0.131.